The van der Waals surface area contributed by atoms with Crippen LogP contribution in [0.4, 0.5) is 0 Å². The molecule has 1 N–H and O–H groups in total. The Labute approximate surface area is 127 Å². The van der Waals surface area contributed by atoms with Crippen molar-refractivity contribution in [2.75, 3.05) is 13.1 Å². The summed E-state index contributed by atoms with van der Waals surface area (Å²) in [4.78, 5) is 0.452. The summed E-state index contributed by atoms with van der Waals surface area (Å²) in [5.41, 5.74) is 2.50. The van der Waals surface area contributed by atoms with Gasteiger partial charge < -0.3 is 5.32 Å². The summed E-state index contributed by atoms with van der Waals surface area (Å²) in [6, 6.07) is 5.56. The second-order valence-electron chi connectivity index (χ2n) is 6.33. The van der Waals surface area contributed by atoms with Crippen LogP contribution in [0.2, 0.25) is 0 Å². The smallest absolute Gasteiger partial charge is 0.243 e. The van der Waals surface area contributed by atoms with Crippen molar-refractivity contribution in [2.24, 2.45) is 5.41 Å². The first-order valence-corrected chi connectivity index (χ1v) is 9.27. The highest BCUT2D eigenvalue weighted by Crippen LogP contribution is 2.39. The molecule has 1 aromatic rings. The van der Waals surface area contributed by atoms with E-state index in [1.807, 2.05) is 12.1 Å². The molecule has 2 heterocycles. The monoisotopic (exact) mass is 308 g/mol. The minimum Gasteiger partial charge on any atom is -0.309 e. The highest BCUT2D eigenvalue weighted by atomic mass is 32.2. The summed E-state index contributed by atoms with van der Waals surface area (Å²) in [6.07, 6.45) is 3.07. The van der Waals surface area contributed by atoms with Gasteiger partial charge in [-0.2, -0.15) is 4.31 Å². The van der Waals surface area contributed by atoms with Crippen LogP contribution in [-0.2, 0) is 23.1 Å². The maximum atomic E-state index is 12.9. The molecule has 1 saturated heterocycles. The topological polar surface area (TPSA) is 49.4 Å². The Hall–Kier alpha value is -0.910. The SMILES string of the molecule is CCC1(CC)CCN(S(=O)(=O)c2ccc3c(c2)CNC3)C1. The van der Waals surface area contributed by atoms with Crippen LogP contribution in [0.5, 0.6) is 0 Å². The fraction of sp³-hybridized carbons (Fsp3) is 0.625. The lowest BCUT2D eigenvalue weighted by atomic mass is 9.82. The lowest BCUT2D eigenvalue weighted by Crippen LogP contribution is -2.32. The first kappa shape index (κ1) is 15.0. The quantitative estimate of drug-likeness (QED) is 0.929. The van der Waals surface area contributed by atoms with E-state index in [1.165, 1.54) is 5.56 Å². The van der Waals surface area contributed by atoms with E-state index in [9.17, 15) is 8.42 Å². The summed E-state index contributed by atoms with van der Waals surface area (Å²) in [7, 11) is -3.35. The molecule has 5 heteroatoms. The third-order valence-corrected chi connectivity index (χ3v) is 7.19. The van der Waals surface area contributed by atoms with Crippen molar-refractivity contribution in [1.29, 1.82) is 0 Å². The van der Waals surface area contributed by atoms with Crippen molar-refractivity contribution in [1.82, 2.24) is 9.62 Å². The van der Waals surface area contributed by atoms with Gasteiger partial charge in [0.05, 0.1) is 4.90 Å². The van der Waals surface area contributed by atoms with E-state index in [0.717, 1.165) is 37.9 Å². The average Bonchev–Trinajstić information content (AvgIpc) is 3.14. The molecule has 21 heavy (non-hydrogen) atoms. The number of fused-ring (bicyclic) bond motifs is 1. The van der Waals surface area contributed by atoms with Crippen molar-refractivity contribution >= 4 is 10.0 Å². The Balaban J connectivity index is 1.88. The van der Waals surface area contributed by atoms with Gasteiger partial charge in [-0.15, -0.1) is 0 Å². The zero-order chi connectivity index (χ0) is 15.1. The standard InChI is InChI=1S/C16H24N2O2S/c1-3-16(4-2)7-8-18(12-16)21(19,20)15-6-5-13-10-17-11-14(13)9-15/h5-6,9,17H,3-4,7-8,10-12H2,1-2H3. The largest absolute Gasteiger partial charge is 0.309 e. The second-order valence-corrected chi connectivity index (χ2v) is 8.27. The van der Waals surface area contributed by atoms with Crippen molar-refractivity contribution in [3.63, 3.8) is 0 Å². The first-order chi connectivity index (χ1) is 10.0. The zero-order valence-electron chi connectivity index (χ0n) is 12.9. The summed E-state index contributed by atoms with van der Waals surface area (Å²) >= 11 is 0. The number of nitrogens with zero attached hydrogens (tertiary/aromatic N) is 1. The summed E-state index contributed by atoms with van der Waals surface area (Å²) in [5, 5.41) is 3.26. The molecule has 0 atom stereocenters. The van der Waals surface area contributed by atoms with Crippen molar-refractivity contribution in [3.8, 4) is 0 Å². The lowest BCUT2D eigenvalue weighted by Gasteiger charge is -2.26. The molecule has 0 spiro atoms. The maximum Gasteiger partial charge on any atom is 0.243 e. The molecule has 0 unspecified atom stereocenters. The second kappa shape index (κ2) is 5.38. The molecule has 3 rings (SSSR count). The van der Waals surface area contributed by atoms with E-state index in [2.05, 4.69) is 19.2 Å². The Bertz CT molecular complexity index is 636. The van der Waals surface area contributed by atoms with Crippen molar-refractivity contribution < 1.29 is 8.42 Å². The number of nitrogens with one attached hydrogen (secondary N) is 1. The molecule has 2 aliphatic rings. The predicted molar refractivity (Wildman–Crippen MR) is 83.4 cm³/mol. The molecule has 4 nitrogen and oxygen atoms in total. The minimum absolute atomic E-state index is 0.172. The summed E-state index contributed by atoms with van der Waals surface area (Å²) < 4.78 is 27.4. The van der Waals surface area contributed by atoms with E-state index >= 15 is 0 Å². The van der Waals surface area contributed by atoms with Crippen LogP contribution < -0.4 is 5.32 Å². The van der Waals surface area contributed by atoms with Gasteiger partial charge in [-0.3, -0.25) is 0 Å². The number of benzene rings is 1. The van der Waals surface area contributed by atoms with E-state index in [1.54, 1.807) is 10.4 Å². The minimum atomic E-state index is -3.35. The summed E-state index contributed by atoms with van der Waals surface area (Å²) in [6.45, 7) is 7.26. The number of rotatable bonds is 4. The number of hydrogen-bond acceptors (Lipinski definition) is 3. The van der Waals surface area contributed by atoms with Gasteiger partial charge in [-0.25, -0.2) is 8.42 Å². The van der Waals surface area contributed by atoms with Crippen LogP contribution in [0.15, 0.2) is 23.1 Å². The van der Waals surface area contributed by atoms with Gasteiger partial charge in [0, 0.05) is 26.2 Å². The Morgan fingerprint density at radius 1 is 1.19 bits per heavy atom. The Morgan fingerprint density at radius 2 is 1.90 bits per heavy atom. The van der Waals surface area contributed by atoms with Crippen LogP contribution in [0, 0.1) is 5.41 Å². The molecule has 1 aromatic carbocycles. The van der Waals surface area contributed by atoms with Gasteiger partial charge in [-0.1, -0.05) is 19.9 Å². The van der Waals surface area contributed by atoms with Crippen LogP contribution >= 0.6 is 0 Å². The van der Waals surface area contributed by atoms with E-state index in [0.29, 0.717) is 18.0 Å². The van der Waals surface area contributed by atoms with Gasteiger partial charge in [0.25, 0.3) is 0 Å². The molecule has 2 aliphatic heterocycles. The predicted octanol–water partition coefficient (Wildman–Crippen LogP) is 2.49. The lowest BCUT2D eigenvalue weighted by molar-refractivity contribution is 0.279. The molecule has 0 aromatic heterocycles. The van der Waals surface area contributed by atoms with E-state index in [-0.39, 0.29) is 5.41 Å². The third kappa shape index (κ3) is 2.51. The molecule has 0 amide bonds. The zero-order valence-corrected chi connectivity index (χ0v) is 13.7. The Kier molecular flexibility index (Phi) is 3.84. The van der Waals surface area contributed by atoms with E-state index < -0.39 is 10.0 Å². The highest BCUT2D eigenvalue weighted by molar-refractivity contribution is 7.89. The number of hydrogen-bond donors (Lipinski definition) is 1. The van der Waals surface area contributed by atoms with E-state index in [4.69, 9.17) is 0 Å². The molecule has 1 fully saturated rings. The Morgan fingerprint density at radius 3 is 2.57 bits per heavy atom. The van der Waals surface area contributed by atoms with Gasteiger partial charge >= 0.3 is 0 Å². The van der Waals surface area contributed by atoms with Crippen LogP contribution in [-0.4, -0.2) is 25.8 Å². The number of sulfonamides is 1. The maximum absolute atomic E-state index is 12.9. The molecule has 0 radical (unpaired) electrons. The normalized spacial score (nSPS) is 21.6. The van der Waals surface area contributed by atoms with Gasteiger partial charge in [0.15, 0.2) is 0 Å². The molecule has 116 valence electrons. The first-order valence-electron chi connectivity index (χ1n) is 7.83. The highest BCUT2D eigenvalue weighted by Gasteiger charge is 2.40. The van der Waals surface area contributed by atoms with Crippen LogP contribution in [0.1, 0.15) is 44.2 Å². The van der Waals surface area contributed by atoms with Crippen LogP contribution in [0.25, 0.3) is 0 Å². The molecule has 0 aliphatic carbocycles. The molecule has 0 bridgehead atoms. The molecular formula is C16H24N2O2S. The fourth-order valence-electron chi connectivity index (χ4n) is 3.51. The van der Waals surface area contributed by atoms with Crippen molar-refractivity contribution in [3.05, 3.63) is 29.3 Å². The van der Waals surface area contributed by atoms with Gasteiger partial charge in [0.1, 0.15) is 0 Å². The molecular weight excluding hydrogens is 284 g/mol. The van der Waals surface area contributed by atoms with Crippen LogP contribution in [0.3, 0.4) is 0 Å². The van der Waals surface area contributed by atoms with Gasteiger partial charge in [0.2, 0.25) is 10.0 Å². The fourth-order valence-corrected chi connectivity index (χ4v) is 5.11. The molecule has 0 saturated carbocycles. The third-order valence-electron chi connectivity index (χ3n) is 5.35. The van der Waals surface area contributed by atoms with Crippen molar-refractivity contribution in [2.45, 2.75) is 51.1 Å². The average molecular weight is 308 g/mol. The van der Waals surface area contributed by atoms with Gasteiger partial charge in [-0.05, 0) is 47.9 Å². The summed E-state index contributed by atoms with van der Waals surface area (Å²) in [5.74, 6) is 0.